The Hall–Kier alpha value is -1.14. The number of anilines is 1. The van der Waals surface area contributed by atoms with Gasteiger partial charge in [0.25, 0.3) is 0 Å². The molecule has 0 radical (unpaired) electrons. The number of hydrogen-bond donors (Lipinski definition) is 1. The Morgan fingerprint density at radius 3 is 2.74 bits per heavy atom. The summed E-state index contributed by atoms with van der Waals surface area (Å²) in [6, 6.07) is 1.51. The highest BCUT2D eigenvalue weighted by Crippen LogP contribution is 2.42. The average Bonchev–Trinajstić information content (AvgIpc) is 2.78. The van der Waals surface area contributed by atoms with Crippen molar-refractivity contribution < 1.29 is 10.0 Å². The van der Waals surface area contributed by atoms with Crippen molar-refractivity contribution in [2.45, 2.75) is 33.3 Å². The van der Waals surface area contributed by atoms with Crippen molar-refractivity contribution >= 4 is 22.0 Å². The molecule has 0 amide bonds. The monoisotopic (exact) mass is 284 g/mol. The number of nitro groups is 1. The van der Waals surface area contributed by atoms with Crippen molar-refractivity contribution in [3.8, 4) is 0 Å². The van der Waals surface area contributed by atoms with Gasteiger partial charge in [0.05, 0.1) is 11.0 Å². The van der Waals surface area contributed by atoms with E-state index in [0.717, 1.165) is 19.5 Å². The lowest BCUT2D eigenvalue weighted by molar-refractivity contribution is -0.383. The molecule has 2 unspecified atom stereocenters. The van der Waals surface area contributed by atoms with Crippen LogP contribution in [0.2, 0.25) is 0 Å². The largest absolute Gasteiger partial charge is 0.388 e. The van der Waals surface area contributed by atoms with Gasteiger partial charge in [-0.2, -0.15) is 0 Å². The lowest BCUT2D eigenvalue weighted by Gasteiger charge is -2.35. The van der Waals surface area contributed by atoms with Crippen LogP contribution in [0.3, 0.4) is 0 Å². The molecule has 2 rings (SSSR count). The second-order valence-electron chi connectivity index (χ2n) is 5.46. The lowest BCUT2D eigenvalue weighted by Crippen LogP contribution is -2.38. The predicted octanol–water partition coefficient (Wildman–Crippen LogP) is 3.19. The van der Waals surface area contributed by atoms with Crippen LogP contribution in [-0.2, 0) is 0 Å². The SMILES string of the molecule is CC1CCN(c2sc([C@H](C)O)cc2[N+](=O)[O-])CC1C. The summed E-state index contributed by atoms with van der Waals surface area (Å²) < 4.78 is 0. The van der Waals surface area contributed by atoms with Crippen molar-refractivity contribution in [2.75, 3.05) is 18.0 Å². The minimum Gasteiger partial charge on any atom is -0.388 e. The topological polar surface area (TPSA) is 66.6 Å². The van der Waals surface area contributed by atoms with Crippen molar-refractivity contribution in [3.05, 3.63) is 21.1 Å². The number of thiophene rings is 1. The molecule has 1 N–H and O–H groups in total. The third kappa shape index (κ3) is 2.90. The molecule has 0 saturated carbocycles. The highest BCUT2D eigenvalue weighted by molar-refractivity contribution is 7.16. The minimum absolute atomic E-state index is 0.127. The van der Waals surface area contributed by atoms with Crippen molar-refractivity contribution in [2.24, 2.45) is 11.8 Å². The molecule has 106 valence electrons. The molecule has 0 aromatic carbocycles. The summed E-state index contributed by atoms with van der Waals surface area (Å²) in [6.45, 7) is 7.76. The number of hydrogen-bond acceptors (Lipinski definition) is 5. The van der Waals surface area contributed by atoms with E-state index < -0.39 is 6.10 Å². The molecular formula is C13H20N2O3S. The first-order valence-corrected chi connectivity index (χ1v) is 7.43. The predicted molar refractivity (Wildman–Crippen MR) is 76.8 cm³/mol. The van der Waals surface area contributed by atoms with Crippen molar-refractivity contribution in [1.82, 2.24) is 0 Å². The van der Waals surface area contributed by atoms with Gasteiger partial charge in [0.1, 0.15) is 0 Å². The Morgan fingerprint density at radius 1 is 1.53 bits per heavy atom. The zero-order valence-corrected chi connectivity index (χ0v) is 12.3. The van der Waals surface area contributed by atoms with E-state index in [9.17, 15) is 15.2 Å². The van der Waals surface area contributed by atoms with Gasteiger partial charge in [-0.15, -0.1) is 11.3 Å². The van der Waals surface area contributed by atoms with Crippen LogP contribution in [0.25, 0.3) is 0 Å². The maximum absolute atomic E-state index is 11.2. The molecule has 1 aromatic heterocycles. The Labute approximate surface area is 117 Å². The highest BCUT2D eigenvalue weighted by Gasteiger charge is 2.30. The maximum Gasteiger partial charge on any atom is 0.304 e. The lowest BCUT2D eigenvalue weighted by atomic mass is 9.89. The summed E-state index contributed by atoms with van der Waals surface area (Å²) in [5, 5.41) is 21.4. The quantitative estimate of drug-likeness (QED) is 0.683. The van der Waals surface area contributed by atoms with Gasteiger partial charge in [-0.05, 0) is 25.2 Å². The maximum atomic E-state index is 11.2. The highest BCUT2D eigenvalue weighted by atomic mass is 32.1. The van der Waals surface area contributed by atoms with Gasteiger partial charge in [-0.3, -0.25) is 10.1 Å². The van der Waals surface area contributed by atoms with Crippen LogP contribution < -0.4 is 4.90 Å². The van der Waals surface area contributed by atoms with Gasteiger partial charge in [0.15, 0.2) is 5.00 Å². The summed E-state index contributed by atoms with van der Waals surface area (Å²) in [6.07, 6.45) is 0.402. The first kappa shape index (κ1) is 14.3. The van der Waals surface area contributed by atoms with Crippen molar-refractivity contribution in [3.63, 3.8) is 0 Å². The minimum atomic E-state index is -0.654. The first-order valence-electron chi connectivity index (χ1n) is 6.61. The zero-order chi connectivity index (χ0) is 14.2. The van der Waals surface area contributed by atoms with E-state index in [1.54, 1.807) is 6.92 Å². The van der Waals surface area contributed by atoms with Crippen LogP contribution in [-0.4, -0.2) is 23.1 Å². The van der Waals surface area contributed by atoms with E-state index in [0.29, 0.717) is 21.7 Å². The van der Waals surface area contributed by atoms with Crippen LogP contribution >= 0.6 is 11.3 Å². The summed E-state index contributed by atoms with van der Waals surface area (Å²) in [5.41, 5.74) is 0.127. The zero-order valence-electron chi connectivity index (χ0n) is 11.5. The summed E-state index contributed by atoms with van der Waals surface area (Å²) in [7, 11) is 0. The fraction of sp³-hybridized carbons (Fsp3) is 0.692. The van der Waals surface area contributed by atoms with E-state index >= 15 is 0 Å². The molecular weight excluding hydrogens is 264 g/mol. The molecule has 1 aliphatic rings. The Balaban J connectivity index is 2.30. The molecule has 5 nitrogen and oxygen atoms in total. The summed E-state index contributed by atoms with van der Waals surface area (Å²) in [5.74, 6) is 1.19. The summed E-state index contributed by atoms with van der Waals surface area (Å²) in [4.78, 5) is 13.6. The van der Waals surface area contributed by atoms with Crippen LogP contribution in [0.1, 0.15) is 38.2 Å². The van der Waals surface area contributed by atoms with Gasteiger partial charge < -0.3 is 10.0 Å². The molecule has 6 heteroatoms. The fourth-order valence-corrected chi connectivity index (χ4v) is 3.50. The molecule has 1 fully saturated rings. The van der Waals surface area contributed by atoms with Gasteiger partial charge in [-0.1, -0.05) is 13.8 Å². The second-order valence-corrected chi connectivity index (χ2v) is 6.52. The van der Waals surface area contributed by atoms with Gasteiger partial charge in [0, 0.05) is 24.0 Å². The molecule has 1 aromatic rings. The van der Waals surface area contributed by atoms with Crippen molar-refractivity contribution in [1.29, 1.82) is 0 Å². The first-order chi connectivity index (χ1) is 8.90. The molecule has 1 saturated heterocycles. The molecule has 0 bridgehead atoms. The van der Waals surface area contributed by atoms with E-state index in [1.165, 1.54) is 17.4 Å². The number of nitrogens with zero attached hydrogens (tertiary/aromatic N) is 2. The summed E-state index contributed by atoms with van der Waals surface area (Å²) >= 11 is 1.34. The smallest absolute Gasteiger partial charge is 0.304 e. The third-order valence-electron chi connectivity index (χ3n) is 3.94. The second kappa shape index (κ2) is 5.46. The van der Waals surface area contributed by atoms with Crippen LogP contribution in [0.4, 0.5) is 10.7 Å². The molecule has 2 heterocycles. The van der Waals surface area contributed by atoms with Crippen LogP contribution in [0.5, 0.6) is 0 Å². The van der Waals surface area contributed by atoms with E-state index in [4.69, 9.17) is 0 Å². The Kier molecular flexibility index (Phi) is 4.10. The van der Waals surface area contributed by atoms with Gasteiger partial charge >= 0.3 is 5.69 Å². The van der Waals surface area contributed by atoms with E-state index in [2.05, 4.69) is 18.7 Å². The standard InChI is InChI=1S/C13H20N2O3S/c1-8-4-5-14(7-9(8)2)13-11(15(17)18)6-12(19-13)10(3)16/h6,8-10,16H,4-5,7H2,1-3H3/t8?,9?,10-/m0/s1. The van der Waals surface area contributed by atoms with E-state index in [-0.39, 0.29) is 10.6 Å². The van der Waals surface area contributed by atoms with Crippen LogP contribution in [0, 0.1) is 22.0 Å². The van der Waals surface area contributed by atoms with E-state index in [1.807, 2.05) is 0 Å². The number of piperidine rings is 1. The number of aliphatic hydroxyl groups excluding tert-OH is 1. The fourth-order valence-electron chi connectivity index (χ4n) is 2.40. The molecule has 0 aliphatic carbocycles. The third-order valence-corrected chi connectivity index (χ3v) is 5.30. The number of rotatable bonds is 3. The molecule has 3 atom stereocenters. The van der Waals surface area contributed by atoms with Gasteiger partial charge in [0.2, 0.25) is 0 Å². The Morgan fingerprint density at radius 2 is 2.21 bits per heavy atom. The Bertz CT molecular complexity index is 472. The average molecular weight is 284 g/mol. The van der Waals surface area contributed by atoms with Gasteiger partial charge in [-0.25, -0.2) is 0 Å². The normalized spacial score (nSPS) is 25.4. The molecule has 19 heavy (non-hydrogen) atoms. The molecule has 0 spiro atoms. The number of aliphatic hydroxyl groups is 1. The molecule has 1 aliphatic heterocycles. The van der Waals surface area contributed by atoms with Crippen LogP contribution in [0.15, 0.2) is 6.07 Å².